The van der Waals surface area contributed by atoms with E-state index in [9.17, 15) is 0 Å². The number of rotatable bonds is 0. The quantitative estimate of drug-likeness (QED) is 0.425. The Bertz CT molecular complexity index is 69.6. The third kappa shape index (κ3) is 58.1. The van der Waals surface area contributed by atoms with Crippen LogP contribution in [0.3, 0.4) is 0 Å². The molecule has 9 heavy (non-hydrogen) atoms. The molecule has 0 N–H and O–H groups in total. The molecule has 0 aliphatic rings. The van der Waals surface area contributed by atoms with E-state index in [1.54, 1.807) is 0 Å². The molecule has 0 aromatic rings. The molecule has 52 valence electrons. The summed E-state index contributed by atoms with van der Waals surface area (Å²) >= 11 is 0. The van der Waals surface area contributed by atoms with Crippen LogP contribution in [0.25, 0.3) is 0 Å². The van der Waals surface area contributed by atoms with E-state index in [-0.39, 0.29) is 103 Å². The summed E-state index contributed by atoms with van der Waals surface area (Å²) in [4.78, 5) is 0. The minimum Gasteiger partial charge on any atom is 1.00 e. The third-order valence-electron chi connectivity index (χ3n) is 0. The molecule has 0 unspecified atom stereocenters. The molecule has 0 rings (SSSR count). The first-order chi connectivity index (χ1) is 2.45. The first kappa shape index (κ1) is 20.1. The SMILES string of the molecule is [Cl][Ru-2]([Cl])([Cl])([Cl])([Cl])[Cl].[K+].[K+]. The van der Waals surface area contributed by atoms with Gasteiger partial charge in [0.25, 0.3) is 0 Å². The molecule has 9 heteroatoms. The van der Waals surface area contributed by atoms with Gasteiger partial charge in [-0.25, -0.2) is 0 Å². The minimum absolute atomic E-state index is 0. The summed E-state index contributed by atoms with van der Waals surface area (Å²) in [5, 5.41) is 0. The molecule has 0 bridgehead atoms. The summed E-state index contributed by atoms with van der Waals surface area (Å²) in [5.41, 5.74) is 0. The van der Waals surface area contributed by atoms with E-state index in [1.165, 1.54) is 0 Å². The Kier molecular flexibility index (Phi) is 11.4. The zero-order valence-corrected chi connectivity index (χ0v) is 17.1. The zero-order chi connectivity index (χ0) is 6.41. The monoisotopic (exact) mass is 390 g/mol. The molecular weight excluding hydrogens is 392 g/mol. The van der Waals surface area contributed by atoms with Crippen LogP contribution in [0.4, 0.5) is 0 Å². The van der Waals surface area contributed by atoms with Gasteiger partial charge >= 0.3 is 167 Å². The van der Waals surface area contributed by atoms with Crippen molar-refractivity contribution >= 4 is 58.1 Å². The van der Waals surface area contributed by atoms with E-state index < -0.39 is 6.48 Å². The summed E-state index contributed by atoms with van der Waals surface area (Å²) < 4.78 is 0. The van der Waals surface area contributed by atoms with E-state index in [0.29, 0.717) is 0 Å². The van der Waals surface area contributed by atoms with Crippen LogP contribution in [0.15, 0.2) is 0 Å². The molecule has 0 saturated carbocycles. The summed E-state index contributed by atoms with van der Waals surface area (Å²) in [7, 11) is 30.3. The Hall–Kier alpha value is 5.64. The van der Waals surface area contributed by atoms with E-state index >= 15 is 0 Å². The van der Waals surface area contributed by atoms with Gasteiger partial charge in [-0.2, -0.15) is 0 Å². The van der Waals surface area contributed by atoms with E-state index in [2.05, 4.69) is 0 Å². The van der Waals surface area contributed by atoms with Crippen LogP contribution in [0, 0.1) is 0 Å². The van der Waals surface area contributed by atoms with Crippen molar-refractivity contribution in [2.24, 2.45) is 0 Å². The average molecular weight is 392 g/mol. The molecule has 0 aromatic heterocycles. The second kappa shape index (κ2) is 5.11. The minimum atomic E-state index is -5.22. The van der Waals surface area contributed by atoms with Gasteiger partial charge in [-0.3, -0.25) is 0 Å². The smallest absolute Gasteiger partial charge is 1.00 e. The van der Waals surface area contributed by atoms with Crippen LogP contribution in [0.2, 0.25) is 0 Å². The Balaban J connectivity index is -0.000000180. The first-order valence-corrected chi connectivity index (χ1v) is 14.2. The van der Waals surface area contributed by atoms with Crippen LogP contribution < -0.4 is 103 Å². The fourth-order valence-corrected chi connectivity index (χ4v) is 0. The average Bonchev–Trinajstić information content (AvgIpc) is 0.592. The largest absolute Gasteiger partial charge is 1.00 e. The van der Waals surface area contributed by atoms with Crippen molar-refractivity contribution in [1.82, 2.24) is 0 Å². The van der Waals surface area contributed by atoms with Crippen LogP contribution in [-0.2, 0) is 6.48 Å². The predicted molar refractivity (Wildman–Crippen MR) is 35.1 cm³/mol. The normalized spacial score (nSPS) is 18.0. The maximum absolute atomic E-state index is 5.22. The number of hydrogen-bond donors (Lipinski definition) is 0. The second-order valence-corrected chi connectivity index (χ2v) is 40.3. The van der Waals surface area contributed by atoms with Crippen LogP contribution in [-0.4, -0.2) is 0 Å². The van der Waals surface area contributed by atoms with Crippen molar-refractivity contribution in [1.29, 1.82) is 0 Å². The van der Waals surface area contributed by atoms with Gasteiger partial charge in [-0.1, -0.05) is 0 Å². The van der Waals surface area contributed by atoms with Gasteiger partial charge in [0.05, 0.1) is 0 Å². The molecule has 0 aromatic carbocycles. The van der Waals surface area contributed by atoms with Crippen molar-refractivity contribution in [2.45, 2.75) is 0 Å². The van der Waals surface area contributed by atoms with Crippen LogP contribution >= 0.6 is 58.1 Å². The molecule has 0 saturated heterocycles. The van der Waals surface area contributed by atoms with E-state index in [1.807, 2.05) is 0 Å². The van der Waals surface area contributed by atoms with E-state index in [0.717, 1.165) is 0 Å². The molecular formula is Cl6K2Ru. The molecule has 0 atom stereocenters. The summed E-state index contributed by atoms with van der Waals surface area (Å²) in [6.45, 7) is -5.22. The van der Waals surface area contributed by atoms with Gasteiger partial charge in [0, 0.05) is 0 Å². The van der Waals surface area contributed by atoms with Crippen molar-refractivity contribution in [2.75, 3.05) is 0 Å². The Morgan fingerprint density at radius 3 is 0.556 bits per heavy atom. The van der Waals surface area contributed by atoms with Crippen molar-refractivity contribution < 1.29 is 109 Å². The van der Waals surface area contributed by atoms with Crippen molar-refractivity contribution in [3.63, 3.8) is 0 Å². The van der Waals surface area contributed by atoms with E-state index in [4.69, 9.17) is 58.1 Å². The summed E-state index contributed by atoms with van der Waals surface area (Å²) in [6.07, 6.45) is 0. The summed E-state index contributed by atoms with van der Waals surface area (Å²) in [5.74, 6) is 0. The van der Waals surface area contributed by atoms with Crippen molar-refractivity contribution in [3.05, 3.63) is 0 Å². The third-order valence-corrected chi connectivity index (χ3v) is 0. The fourth-order valence-electron chi connectivity index (χ4n) is 0. The molecule has 0 radical (unpaired) electrons. The molecule has 0 amide bonds. The molecule has 0 heterocycles. The topological polar surface area (TPSA) is 0 Å². The predicted octanol–water partition coefficient (Wildman–Crippen LogP) is -1.86. The van der Waals surface area contributed by atoms with Crippen molar-refractivity contribution in [3.8, 4) is 0 Å². The molecule has 0 aliphatic carbocycles. The number of halogens is 6. The zero-order valence-electron chi connectivity index (χ0n) is 4.62. The standard InChI is InChI=1S/6ClH.2K.Ru/h6*1H;;;/q;;;;;;2*+1;+4/p-6. The van der Waals surface area contributed by atoms with Gasteiger partial charge in [0.1, 0.15) is 0 Å². The van der Waals surface area contributed by atoms with Gasteiger partial charge in [-0.05, 0) is 0 Å². The van der Waals surface area contributed by atoms with Gasteiger partial charge < -0.3 is 0 Å². The Labute approximate surface area is 162 Å². The second-order valence-electron chi connectivity index (χ2n) is 0.758. The van der Waals surface area contributed by atoms with Crippen LogP contribution in [0.5, 0.6) is 0 Å². The molecule has 0 nitrogen and oxygen atoms in total. The molecule has 0 fully saturated rings. The van der Waals surface area contributed by atoms with Gasteiger partial charge in [-0.15, -0.1) is 0 Å². The fraction of sp³-hybridized carbons (Fsp3) is 0. The van der Waals surface area contributed by atoms with Gasteiger partial charge in [0.15, 0.2) is 0 Å². The molecule has 0 spiro atoms. The summed E-state index contributed by atoms with van der Waals surface area (Å²) in [6, 6.07) is 0. The Morgan fingerprint density at radius 2 is 0.556 bits per heavy atom. The maximum atomic E-state index is 5.04. The Morgan fingerprint density at radius 1 is 0.556 bits per heavy atom. The maximum Gasteiger partial charge on any atom is 1.00 e. The first-order valence-electron chi connectivity index (χ1n) is 0.802. The molecule has 0 aliphatic heterocycles. The number of hydrogen-bond acceptors (Lipinski definition) is 0. The van der Waals surface area contributed by atoms with Crippen LogP contribution in [0.1, 0.15) is 0 Å². The van der Waals surface area contributed by atoms with Gasteiger partial charge in [0.2, 0.25) is 0 Å².